The normalized spacial score (nSPS) is 21.0. The maximum atomic E-state index is 13.6. The Hall–Kier alpha value is -1.71. The predicted molar refractivity (Wildman–Crippen MR) is 167 cm³/mol. The molecule has 2 heterocycles. The number of hydrogen-bond donors (Lipinski definition) is 0. The summed E-state index contributed by atoms with van der Waals surface area (Å²) in [5, 5.41) is 1.01. The van der Waals surface area contributed by atoms with Gasteiger partial charge in [-0.05, 0) is 71.5 Å². The fourth-order valence-corrected chi connectivity index (χ4v) is 6.23. The number of morpholine rings is 1. The molecule has 0 N–H and O–H groups in total. The fraction of sp³-hybridized carbons (Fsp3) is 0.594. The predicted octanol–water partition coefficient (Wildman–Crippen LogP) is 5.19. The quantitative estimate of drug-likeness (QED) is 0.348. The molecule has 2 aliphatic heterocycles. The number of rotatable bonds is 10. The van der Waals surface area contributed by atoms with E-state index in [-0.39, 0.29) is 11.6 Å². The molecule has 0 radical (unpaired) electrons. The standard InChI is InChI=1S/C32H46Cl2N4O3/c1-24-17-25(2)19-26(18-24)20-30(39)37-15-16-40-32(22-37,27-7-8-28(33)29(34)21-27)9-10-36-11-13-38(14-12-36)31(3,4)41-23-35(5)6/h7-8,17-19,21H,9-16,20,22-23H2,1-6H3. The van der Waals surface area contributed by atoms with Crippen LogP contribution in [0.15, 0.2) is 36.4 Å². The molecule has 226 valence electrons. The topological polar surface area (TPSA) is 48.5 Å². The molecule has 1 atom stereocenters. The van der Waals surface area contributed by atoms with Gasteiger partial charge in [-0.2, -0.15) is 0 Å². The summed E-state index contributed by atoms with van der Waals surface area (Å²) >= 11 is 12.8. The Balaban J connectivity index is 1.46. The lowest BCUT2D eigenvalue weighted by Crippen LogP contribution is -2.57. The number of nitrogens with zero attached hydrogens (tertiary/aromatic N) is 4. The maximum Gasteiger partial charge on any atom is 0.227 e. The highest BCUT2D eigenvalue weighted by Gasteiger charge is 2.41. The minimum atomic E-state index is -0.657. The molecule has 0 aromatic heterocycles. The van der Waals surface area contributed by atoms with Crippen molar-refractivity contribution in [3.63, 3.8) is 0 Å². The average molecular weight is 606 g/mol. The van der Waals surface area contributed by atoms with Crippen molar-refractivity contribution in [2.45, 2.75) is 51.9 Å². The summed E-state index contributed by atoms with van der Waals surface area (Å²) in [7, 11) is 4.03. The number of ether oxygens (including phenoxy) is 2. The molecule has 7 nitrogen and oxygen atoms in total. The number of benzene rings is 2. The molecule has 0 saturated carbocycles. The van der Waals surface area contributed by atoms with Gasteiger partial charge in [-0.25, -0.2) is 0 Å². The zero-order valence-electron chi connectivity index (χ0n) is 25.5. The molecule has 0 spiro atoms. The highest BCUT2D eigenvalue weighted by atomic mass is 35.5. The van der Waals surface area contributed by atoms with Gasteiger partial charge in [0.05, 0.1) is 29.6 Å². The SMILES string of the molecule is Cc1cc(C)cc(CC(=O)N2CCOC(CCN3CCN(C(C)(C)OCN(C)C)CC3)(c3ccc(Cl)c(Cl)c3)C2)c1. The summed E-state index contributed by atoms with van der Waals surface area (Å²) in [6.07, 6.45) is 1.13. The van der Waals surface area contributed by atoms with Crippen LogP contribution in [-0.4, -0.2) is 104 Å². The summed E-state index contributed by atoms with van der Waals surface area (Å²) in [5.74, 6) is 0.122. The molecule has 0 bridgehead atoms. The van der Waals surface area contributed by atoms with Gasteiger partial charge in [0, 0.05) is 39.3 Å². The second-order valence-corrected chi connectivity index (χ2v) is 13.2. The van der Waals surface area contributed by atoms with Gasteiger partial charge in [0.2, 0.25) is 5.91 Å². The van der Waals surface area contributed by atoms with Gasteiger partial charge in [0.25, 0.3) is 0 Å². The van der Waals surface area contributed by atoms with E-state index in [0.717, 1.165) is 50.3 Å². The van der Waals surface area contributed by atoms with Crippen molar-refractivity contribution in [1.29, 1.82) is 0 Å². The summed E-state index contributed by atoms with van der Waals surface area (Å²) < 4.78 is 12.7. The highest BCUT2D eigenvalue weighted by Crippen LogP contribution is 2.37. The number of carbonyl (C=O) groups excluding carboxylic acids is 1. The largest absolute Gasteiger partial charge is 0.367 e. The third-order valence-electron chi connectivity index (χ3n) is 8.26. The minimum Gasteiger partial charge on any atom is -0.367 e. The molecule has 9 heteroatoms. The summed E-state index contributed by atoms with van der Waals surface area (Å²) in [5.41, 5.74) is 3.39. The van der Waals surface area contributed by atoms with Crippen LogP contribution in [0.5, 0.6) is 0 Å². The molecule has 1 unspecified atom stereocenters. The van der Waals surface area contributed by atoms with Gasteiger partial charge in [-0.15, -0.1) is 0 Å². The van der Waals surface area contributed by atoms with E-state index in [9.17, 15) is 4.79 Å². The van der Waals surface area contributed by atoms with E-state index in [4.69, 9.17) is 32.7 Å². The molecule has 41 heavy (non-hydrogen) atoms. The Bertz CT molecular complexity index is 1180. The Labute approximate surface area is 256 Å². The smallest absolute Gasteiger partial charge is 0.227 e. The van der Waals surface area contributed by atoms with Crippen molar-refractivity contribution in [2.75, 3.05) is 73.2 Å². The average Bonchev–Trinajstić information content (AvgIpc) is 2.92. The number of hydrogen-bond acceptors (Lipinski definition) is 6. The van der Waals surface area contributed by atoms with Crippen molar-refractivity contribution < 1.29 is 14.3 Å². The molecule has 2 aromatic carbocycles. The van der Waals surface area contributed by atoms with Gasteiger partial charge < -0.3 is 19.3 Å². The van der Waals surface area contributed by atoms with Gasteiger partial charge in [-0.3, -0.25) is 14.6 Å². The second-order valence-electron chi connectivity index (χ2n) is 12.3. The number of halogens is 2. The zero-order valence-corrected chi connectivity index (χ0v) is 27.0. The van der Waals surface area contributed by atoms with Crippen molar-refractivity contribution in [3.8, 4) is 0 Å². The fourth-order valence-electron chi connectivity index (χ4n) is 5.93. The molecular formula is C32H46Cl2N4O3. The molecule has 2 aromatic rings. The number of amides is 1. The first-order chi connectivity index (χ1) is 19.4. The van der Waals surface area contributed by atoms with Crippen LogP contribution in [0.1, 0.15) is 42.5 Å². The molecular weight excluding hydrogens is 559 g/mol. The molecule has 4 rings (SSSR count). The van der Waals surface area contributed by atoms with Crippen LogP contribution >= 0.6 is 23.2 Å². The van der Waals surface area contributed by atoms with E-state index in [1.165, 1.54) is 11.1 Å². The van der Waals surface area contributed by atoms with Crippen molar-refractivity contribution >= 4 is 29.1 Å². The molecule has 2 fully saturated rings. The zero-order chi connectivity index (χ0) is 29.8. The Morgan fingerprint density at radius 1 is 1.00 bits per heavy atom. The van der Waals surface area contributed by atoms with Crippen LogP contribution in [0.3, 0.4) is 0 Å². The van der Waals surface area contributed by atoms with Crippen LogP contribution < -0.4 is 0 Å². The van der Waals surface area contributed by atoms with Crippen LogP contribution in [-0.2, 0) is 26.3 Å². The van der Waals surface area contributed by atoms with E-state index < -0.39 is 5.60 Å². The van der Waals surface area contributed by atoms with Crippen LogP contribution in [0.4, 0.5) is 0 Å². The van der Waals surface area contributed by atoms with E-state index in [1.54, 1.807) is 0 Å². The number of piperazine rings is 1. The first kappa shape index (κ1) is 32.2. The highest BCUT2D eigenvalue weighted by molar-refractivity contribution is 6.42. The first-order valence-corrected chi connectivity index (χ1v) is 15.3. The number of aryl methyl sites for hydroxylation is 2. The van der Waals surface area contributed by atoms with Crippen LogP contribution in [0.2, 0.25) is 10.0 Å². The van der Waals surface area contributed by atoms with E-state index in [1.807, 2.05) is 42.1 Å². The molecule has 2 saturated heterocycles. The lowest BCUT2D eigenvalue weighted by Gasteiger charge is -2.46. The van der Waals surface area contributed by atoms with Crippen LogP contribution in [0.25, 0.3) is 0 Å². The maximum absolute atomic E-state index is 13.6. The van der Waals surface area contributed by atoms with E-state index in [0.29, 0.717) is 42.9 Å². The van der Waals surface area contributed by atoms with Gasteiger partial charge in [0.15, 0.2) is 0 Å². The number of carbonyl (C=O) groups is 1. The van der Waals surface area contributed by atoms with Crippen LogP contribution in [0, 0.1) is 13.8 Å². The lowest BCUT2D eigenvalue weighted by molar-refractivity contribution is -0.166. The third-order valence-corrected chi connectivity index (χ3v) is 9.00. The Kier molecular flexibility index (Phi) is 10.8. The Morgan fingerprint density at radius 3 is 2.32 bits per heavy atom. The Morgan fingerprint density at radius 2 is 1.68 bits per heavy atom. The summed E-state index contributed by atoms with van der Waals surface area (Å²) in [6, 6.07) is 12.1. The van der Waals surface area contributed by atoms with E-state index >= 15 is 0 Å². The van der Waals surface area contributed by atoms with Gasteiger partial charge in [-0.1, -0.05) is 58.6 Å². The minimum absolute atomic E-state index is 0.122. The van der Waals surface area contributed by atoms with Crippen molar-refractivity contribution in [1.82, 2.24) is 19.6 Å². The first-order valence-electron chi connectivity index (χ1n) is 14.6. The third kappa shape index (κ3) is 8.44. The molecule has 1 amide bonds. The van der Waals surface area contributed by atoms with Gasteiger partial charge >= 0.3 is 0 Å². The monoisotopic (exact) mass is 604 g/mol. The summed E-state index contributed by atoms with van der Waals surface area (Å²) in [6.45, 7) is 15.2. The lowest BCUT2D eigenvalue weighted by atomic mass is 9.87. The van der Waals surface area contributed by atoms with Crippen molar-refractivity contribution in [3.05, 3.63) is 68.7 Å². The second kappa shape index (κ2) is 13.7. The molecule has 0 aliphatic carbocycles. The van der Waals surface area contributed by atoms with E-state index in [2.05, 4.69) is 55.7 Å². The van der Waals surface area contributed by atoms with Crippen molar-refractivity contribution in [2.24, 2.45) is 0 Å². The molecule has 2 aliphatic rings. The van der Waals surface area contributed by atoms with Gasteiger partial charge in [0.1, 0.15) is 18.1 Å². The summed E-state index contributed by atoms with van der Waals surface area (Å²) in [4.78, 5) is 22.5.